The molecule has 0 radical (unpaired) electrons. The van der Waals surface area contributed by atoms with Crippen molar-refractivity contribution in [2.75, 3.05) is 5.32 Å². The molecule has 2 N–H and O–H groups in total. The van der Waals surface area contributed by atoms with Gasteiger partial charge in [-0.2, -0.15) is 0 Å². The predicted molar refractivity (Wildman–Crippen MR) is 143 cm³/mol. The normalized spacial score (nSPS) is 17.7. The molecule has 4 rings (SSSR count). The molecule has 1 saturated heterocycles. The second kappa shape index (κ2) is 11.9. The Balaban J connectivity index is 1.64. The lowest BCUT2D eigenvalue weighted by molar-refractivity contribution is -0.127. The second-order valence-corrected chi connectivity index (χ2v) is 9.51. The van der Waals surface area contributed by atoms with Crippen LogP contribution in [0.15, 0.2) is 78.9 Å². The number of anilines is 1. The Kier molecular flexibility index (Phi) is 8.46. The number of cyclic esters (lactones) is 1. The van der Waals surface area contributed by atoms with Crippen molar-refractivity contribution in [2.45, 2.75) is 51.4 Å². The number of nitrogens with zero attached hydrogens (tertiary/aromatic N) is 1. The predicted octanol–water partition coefficient (Wildman–Crippen LogP) is 6.02. The lowest BCUT2D eigenvalue weighted by Crippen LogP contribution is -2.46. The van der Waals surface area contributed by atoms with Crippen LogP contribution in [0.25, 0.3) is 0 Å². The summed E-state index contributed by atoms with van der Waals surface area (Å²) in [5, 5.41) is 6.44. The topological polar surface area (TPSA) is 87.7 Å². The molecule has 0 saturated carbocycles. The average Bonchev–Trinajstić information content (AvgIpc) is 3.20. The molecule has 1 heterocycles. The molecule has 3 aromatic carbocycles. The van der Waals surface area contributed by atoms with Gasteiger partial charge in [-0.1, -0.05) is 73.1 Å². The van der Waals surface area contributed by atoms with Gasteiger partial charge in [0, 0.05) is 17.1 Å². The number of halogens is 1. The quantitative estimate of drug-likeness (QED) is 0.362. The maximum absolute atomic E-state index is 13.7. The fourth-order valence-electron chi connectivity index (χ4n) is 4.41. The van der Waals surface area contributed by atoms with E-state index in [0.717, 1.165) is 17.5 Å². The molecule has 7 nitrogen and oxygen atoms in total. The molecule has 192 valence electrons. The molecule has 0 unspecified atom stereocenters. The summed E-state index contributed by atoms with van der Waals surface area (Å²) in [4.78, 5) is 40.3. The fourth-order valence-corrected chi connectivity index (χ4v) is 4.62. The van der Waals surface area contributed by atoms with Gasteiger partial charge in [0.25, 0.3) is 0 Å². The van der Waals surface area contributed by atoms with Crippen molar-refractivity contribution in [1.29, 1.82) is 0 Å². The van der Waals surface area contributed by atoms with Gasteiger partial charge in [-0.15, -0.1) is 0 Å². The summed E-state index contributed by atoms with van der Waals surface area (Å²) in [5.41, 5.74) is 2.92. The van der Waals surface area contributed by atoms with Gasteiger partial charge >= 0.3 is 6.09 Å². The van der Waals surface area contributed by atoms with E-state index in [1.807, 2.05) is 50.2 Å². The average molecular weight is 520 g/mol. The Bertz CT molecular complexity index is 1270. The monoisotopic (exact) mass is 519 g/mol. The molecule has 3 atom stereocenters. The van der Waals surface area contributed by atoms with Crippen LogP contribution in [-0.2, 0) is 20.9 Å². The van der Waals surface area contributed by atoms with Crippen LogP contribution < -0.4 is 10.6 Å². The van der Waals surface area contributed by atoms with Crippen molar-refractivity contribution >= 4 is 35.2 Å². The van der Waals surface area contributed by atoms with Crippen LogP contribution >= 0.6 is 11.6 Å². The molecule has 0 aromatic heterocycles. The van der Waals surface area contributed by atoms with Crippen molar-refractivity contribution in [3.05, 3.63) is 101 Å². The number of carbonyl (C=O) groups excluding carboxylic acids is 3. The van der Waals surface area contributed by atoms with Crippen LogP contribution in [0.4, 0.5) is 10.5 Å². The van der Waals surface area contributed by atoms with Crippen LogP contribution in [0, 0.1) is 0 Å². The van der Waals surface area contributed by atoms with Gasteiger partial charge in [0.05, 0.1) is 12.6 Å². The van der Waals surface area contributed by atoms with Crippen molar-refractivity contribution in [3.63, 3.8) is 0 Å². The highest BCUT2D eigenvalue weighted by Crippen LogP contribution is 2.35. The molecular weight excluding hydrogens is 490 g/mol. The SMILES string of the molecule is CCCC(=O)Nc1cccc([C@@H]2OC(=O)N(Cc3cccc(Cl)c3)[C@H]2C(=O)N[C@H](C)c2ccccc2)c1. The zero-order chi connectivity index (χ0) is 26.4. The van der Waals surface area contributed by atoms with Crippen LogP contribution in [0.3, 0.4) is 0 Å². The number of rotatable bonds is 9. The summed E-state index contributed by atoms with van der Waals surface area (Å²) in [7, 11) is 0. The summed E-state index contributed by atoms with van der Waals surface area (Å²) in [6, 6.07) is 22.6. The van der Waals surface area contributed by atoms with Crippen molar-refractivity contribution in [3.8, 4) is 0 Å². The number of hydrogen-bond acceptors (Lipinski definition) is 4. The minimum absolute atomic E-state index is 0.100. The van der Waals surface area contributed by atoms with E-state index in [9.17, 15) is 14.4 Å². The molecule has 0 spiro atoms. The Morgan fingerprint density at radius 3 is 2.51 bits per heavy atom. The number of benzene rings is 3. The number of hydrogen-bond donors (Lipinski definition) is 2. The first-order valence-electron chi connectivity index (χ1n) is 12.3. The Hall–Kier alpha value is -3.84. The van der Waals surface area contributed by atoms with Gasteiger partial charge in [0.1, 0.15) is 0 Å². The highest BCUT2D eigenvalue weighted by molar-refractivity contribution is 6.30. The lowest BCUT2D eigenvalue weighted by atomic mass is 9.99. The molecule has 37 heavy (non-hydrogen) atoms. The van der Waals surface area contributed by atoms with E-state index in [-0.39, 0.29) is 24.4 Å². The Morgan fingerprint density at radius 1 is 1.03 bits per heavy atom. The lowest BCUT2D eigenvalue weighted by Gasteiger charge is -2.26. The van der Waals surface area contributed by atoms with Crippen molar-refractivity contribution in [2.24, 2.45) is 0 Å². The molecule has 3 amide bonds. The molecule has 0 aliphatic carbocycles. The van der Waals surface area contributed by atoms with E-state index < -0.39 is 18.2 Å². The van der Waals surface area contributed by atoms with E-state index in [1.165, 1.54) is 4.90 Å². The van der Waals surface area contributed by atoms with E-state index >= 15 is 0 Å². The van der Waals surface area contributed by atoms with Gasteiger partial charge in [0.15, 0.2) is 12.1 Å². The molecule has 1 aliphatic rings. The summed E-state index contributed by atoms with van der Waals surface area (Å²) >= 11 is 6.16. The zero-order valence-corrected chi connectivity index (χ0v) is 21.6. The maximum atomic E-state index is 13.7. The third-order valence-electron chi connectivity index (χ3n) is 6.23. The zero-order valence-electron chi connectivity index (χ0n) is 20.8. The smallest absolute Gasteiger partial charge is 0.411 e. The fraction of sp³-hybridized carbons (Fsp3) is 0.276. The first-order valence-corrected chi connectivity index (χ1v) is 12.7. The molecule has 1 fully saturated rings. The Morgan fingerprint density at radius 2 is 1.78 bits per heavy atom. The first-order chi connectivity index (χ1) is 17.9. The van der Waals surface area contributed by atoms with Gasteiger partial charge < -0.3 is 15.4 Å². The van der Waals surface area contributed by atoms with E-state index in [4.69, 9.17) is 16.3 Å². The summed E-state index contributed by atoms with van der Waals surface area (Å²) in [6.45, 7) is 3.98. The van der Waals surface area contributed by atoms with Gasteiger partial charge in [-0.25, -0.2) is 4.79 Å². The van der Waals surface area contributed by atoms with Crippen LogP contribution in [-0.4, -0.2) is 28.8 Å². The van der Waals surface area contributed by atoms with Gasteiger partial charge in [0.2, 0.25) is 11.8 Å². The minimum Gasteiger partial charge on any atom is -0.438 e. The highest BCUT2D eigenvalue weighted by Gasteiger charge is 2.47. The first kappa shape index (κ1) is 26.2. The third kappa shape index (κ3) is 6.49. The van der Waals surface area contributed by atoms with E-state index in [0.29, 0.717) is 22.7 Å². The minimum atomic E-state index is -0.931. The second-order valence-electron chi connectivity index (χ2n) is 9.07. The standard InChI is InChI=1S/C29H30ClN3O4/c1-3-9-25(34)32-24-15-8-13-22(17-24)27-26(28(35)31-19(2)21-11-5-4-6-12-21)33(29(36)37-27)18-20-10-7-14-23(30)16-20/h4-8,10-17,19,26-27H,3,9,18H2,1-2H3,(H,31,35)(H,32,34)/t19-,26-,27+/m1/s1. The maximum Gasteiger partial charge on any atom is 0.411 e. The molecular formula is C29H30ClN3O4. The van der Waals surface area contributed by atoms with Crippen LogP contribution in [0.5, 0.6) is 0 Å². The van der Waals surface area contributed by atoms with Gasteiger partial charge in [-0.3, -0.25) is 14.5 Å². The number of ether oxygens (including phenoxy) is 1. The van der Waals surface area contributed by atoms with Crippen LogP contribution in [0.2, 0.25) is 5.02 Å². The number of carbonyl (C=O) groups is 3. The molecule has 0 bridgehead atoms. The molecule has 3 aromatic rings. The Labute approximate surface area is 221 Å². The van der Waals surface area contributed by atoms with Crippen molar-refractivity contribution in [1.82, 2.24) is 10.2 Å². The summed E-state index contributed by atoms with van der Waals surface area (Å²) < 4.78 is 5.77. The van der Waals surface area contributed by atoms with E-state index in [2.05, 4.69) is 10.6 Å². The van der Waals surface area contributed by atoms with Gasteiger partial charge in [-0.05, 0) is 54.3 Å². The third-order valence-corrected chi connectivity index (χ3v) is 6.46. The summed E-state index contributed by atoms with van der Waals surface area (Å²) in [5.74, 6) is -0.439. The largest absolute Gasteiger partial charge is 0.438 e. The summed E-state index contributed by atoms with van der Waals surface area (Å²) in [6.07, 6.45) is -0.333. The van der Waals surface area contributed by atoms with E-state index in [1.54, 1.807) is 42.5 Å². The van der Waals surface area contributed by atoms with Crippen LogP contribution in [0.1, 0.15) is 55.5 Å². The highest BCUT2D eigenvalue weighted by atomic mass is 35.5. The number of nitrogens with one attached hydrogen (secondary N) is 2. The van der Waals surface area contributed by atoms with Crippen molar-refractivity contribution < 1.29 is 19.1 Å². The molecule has 1 aliphatic heterocycles. The molecule has 8 heteroatoms. The number of amides is 3.